The maximum atomic E-state index is 10.8. The maximum absolute atomic E-state index is 10.8. The molecule has 0 amide bonds. The first-order valence-electron chi connectivity index (χ1n) is 6.14. The zero-order chi connectivity index (χ0) is 12.3. The molecule has 0 radical (unpaired) electrons. The van der Waals surface area contributed by atoms with E-state index in [-0.39, 0.29) is 10.6 Å². The van der Waals surface area contributed by atoms with E-state index in [0.717, 1.165) is 12.5 Å². The molecule has 0 heterocycles. The zero-order valence-electron chi connectivity index (χ0n) is 10.1. The monoisotopic (exact) mass is 234 g/mol. The summed E-state index contributed by atoms with van der Waals surface area (Å²) in [6.45, 7) is 3.11. The summed E-state index contributed by atoms with van der Waals surface area (Å²) < 4.78 is 0. The van der Waals surface area contributed by atoms with E-state index in [2.05, 4.69) is 12.2 Å². The highest BCUT2D eigenvalue weighted by molar-refractivity contribution is 5.61. The van der Waals surface area contributed by atoms with Gasteiger partial charge < -0.3 is 5.32 Å². The number of nitrogens with one attached hydrogen (secondary N) is 1. The van der Waals surface area contributed by atoms with Crippen LogP contribution in [0.15, 0.2) is 24.3 Å². The number of hydrogen-bond donors (Lipinski definition) is 1. The van der Waals surface area contributed by atoms with Gasteiger partial charge in [0.05, 0.1) is 4.92 Å². The molecule has 1 aromatic rings. The SMILES string of the molecule is CC1CCC(CNc2ccccc2[N+](=O)[O-])C1. The van der Waals surface area contributed by atoms with E-state index in [9.17, 15) is 10.1 Å². The molecule has 2 unspecified atom stereocenters. The molecule has 4 nitrogen and oxygen atoms in total. The number of nitro benzene ring substituents is 1. The molecule has 0 aliphatic heterocycles. The van der Waals surface area contributed by atoms with E-state index in [1.54, 1.807) is 18.2 Å². The fourth-order valence-electron chi connectivity index (χ4n) is 2.55. The van der Waals surface area contributed by atoms with Crippen LogP contribution in [-0.4, -0.2) is 11.5 Å². The van der Waals surface area contributed by atoms with Crippen molar-refractivity contribution < 1.29 is 4.92 Å². The van der Waals surface area contributed by atoms with Crippen molar-refractivity contribution in [2.75, 3.05) is 11.9 Å². The van der Waals surface area contributed by atoms with Crippen LogP contribution in [0.1, 0.15) is 26.2 Å². The highest BCUT2D eigenvalue weighted by Crippen LogP contribution is 2.31. The number of para-hydroxylation sites is 2. The molecule has 92 valence electrons. The Morgan fingerprint density at radius 3 is 2.82 bits per heavy atom. The van der Waals surface area contributed by atoms with Crippen LogP contribution in [-0.2, 0) is 0 Å². The topological polar surface area (TPSA) is 55.2 Å². The molecular weight excluding hydrogens is 216 g/mol. The van der Waals surface area contributed by atoms with Crippen molar-refractivity contribution in [2.45, 2.75) is 26.2 Å². The molecule has 0 aromatic heterocycles. The van der Waals surface area contributed by atoms with Gasteiger partial charge in [-0.1, -0.05) is 25.5 Å². The average Bonchev–Trinajstić information content (AvgIpc) is 2.73. The smallest absolute Gasteiger partial charge is 0.292 e. The molecule has 1 N–H and O–H groups in total. The lowest BCUT2D eigenvalue weighted by Crippen LogP contribution is -2.12. The minimum absolute atomic E-state index is 0.165. The number of nitro groups is 1. The lowest BCUT2D eigenvalue weighted by Gasteiger charge is -2.12. The lowest BCUT2D eigenvalue weighted by molar-refractivity contribution is -0.384. The summed E-state index contributed by atoms with van der Waals surface area (Å²) >= 11 is 0. The minimum Gasteiger partial charge on any atom is -0.379 e. The maximum Gasteiger partial charge on any atom is 0.292 e. The van der Waals surface area contributed by atoms with Crippen LogP contribution in [0, 0.1) is 22.0 Å². The first-order chi connectivity index (χ1) is 8.16. The van der Waals surface area contributed by atoms with Gasteiger partial charge >= 0.3 is 0 Å². The molecule has 1 aliphatic carbocycles. The van der Waals surface area contributed by atoms with Gasteiger partial charge in [0.15, 0.2) is 0 Å². The first kappa shape index (κ1) is 11.9. The van der Waals surface area contributed by atoms with Crippen LogP contribution >= 0.6 is 0 Å². The van der Waals surface area contributed by atoms with E-state index in [1.165, 1.54) is 19.3 Å². The van der Waals surface area contributed by atoms with Crippen molar-refractivity contribution in [3.63, 3.8) is 0 Å². The van der Waals surface area contributed by atoms with Gasteiger partial charge in [-0.25, -0.2) is 0 Å². The van der Waals surface area contributed by atoms with Crippen molar-refractivity contribution in [3.05, 3.63) is 34.4 Å². The molecular formula is C13H18N2O2. The fourth-order valence-corrected chi connectivity index (χ4v) is 2.55. The van der Waals surface area contributed by atoms with Crippen molar-refractivity contribution in [1.82, 2.24) is 0 Å². The summed E-state index contributed by atoms with van der Waals surface area (Å²) in [6, 6.07) is 6.84. The summed E-state index contributed by atoms with van der Waals surface area (Å²) in [7, 11) is 0. The molecule has 2 atom stereocenters. The average molecular weight is 234 g/mol. The predicted octanol–water partition coefficient (Wildman–Crippen LogP) is 3.44. The Bertz CT molecular complexity index is 406. The molecule has 0 spiro atoms. The number of benzene rings is 1. The normalized spacial score (nSPS) is 23.6. The Morgan fingerprint density at radius 1 is 1.41 bits per heavy atom. The van der Waals surface area contributed by atoms with Gasteiger partial charge in [-0.3, -0.25) is 10.1 Å². The van der Waals surface area contributed by atoms with E-state index in [4.69, 9.17) is 0 Å². The quantitative estimate of drug-likeness (QED) is 0.641. The van der Waals surface area contributed by atoms with Gasteiger partial charge in [0.1, 0.15) is 5.69 Å². The molecule has 2 rings (SSSR count). The van der Waals surface area contributed by atoms with Gasteiger partial charge in [-0.15, -0.1) is 0 Å². The molecule has 1 aromatic carbocycles. The van der Waals surface area contributed by atoms with E-state index < -0.39 is 0 Å². The number of rotatable bonds is 4. The second kappa shape index (κ2) is 5.17. The summed E-state index contributed by atoms with van der Waals surface area (Å²) in [5.41, 5.74) is 0.801. The van der Waals surface area contributed by atoms with Crippen molar-refractivity contribution >= 4 is 11.4 Å². The lowest BCUT2D eigenvalue weighted by atomic mass is 10.1. The van der Waals surface area contributed by atoms with Gasteiger partial charge in [-0.05, 0) is 30.7 Å². The molecule has 1 saturated carbocycles. The molecule has 4 heteroatoms. The number of anilines is 1. The predicted molar refractivity (Wildman–Crippen MR) is 68.1 cm³/mol. The van der Waals surface area contributed by atoms with E-state index in [0.29, 0.717) is 11.6 Å². The van der Waals surface area contributed by atoms with Crippen molar-refractivity contribution in [1.29, 1.82) is 0 Å². The minimum atomic E-state index is -0.334. The zero-order valence-corrected chi connectivity index (χ0v) is 10.1. The van der Waals surface area contributed by atoms with Crippen molar-refractivity contribution in [2.24, 2.45) is 11.8 Å². The third kappa shape index (κ3) is 2.96. The largest absolute Gasteiger partial charge is 0.379 e. The first-order valence-corrected chi connectivity index (χ1v) is 6.14. The Morgan fingerprint density at radius 2 is 2.18 bits per heavy atom. The summed E-state index contributed by atoms with van der Waals surface area (Å²) in [5.74, 6) is 1.46. The van der Waals surface area contributed by atoms with Crippen LogP contribution in [0.4, 0.5) is 11.4 Å². The summed E-state index contributed by atoms with van der Waals surface area (Å²) in [5, 5.41) is 14.1. The van der Waals surface area contributed by atoms with Crippen LogP contribution in [0.5, 0.6) is 0 Å². The molecule has 0 saturated heterocycles. The second-order valence-corrected chi connectivity index (χ2v) is 4.94. The van der Waals surface area contributed by atoms with Crippen LogP contribution in [0.25, 0.3) is 0 Å². The highest BCUT2D eigenvalue weighted by atomic mass is 16.6. The van der Waals surface area contributed by atoms with E-state index in [1.807, 2.05) is 6.07 Å². The Kier molecular flexibility index (Phi) is 3.61. The van der Waals surface area contributed by atoms with Crippen LogP contribution < -0.4 is 5.32 Å². The highest BCUT2D eigenvalue weighted by Gasteiger charge is 2.21. The van der Waals surface area contributed by atoms with Gasteiger partial charge in [0.25, 0.3) is 5.69 Å². The third-order valence-electron chi connectivity index (χ3n) is 3.49. The second-order valence-electron chi connectivity index (χ2n) is 4.94. The standard InChI is InChI=1S/C13H18N2O2/c1-10-6-7-11(8-10)9-14-12-4-2-3-5-13(12)15(16)17/h2-5,10-11,14H,6-9H2,1H3. The summed E-state index contributed by atoms with van der Waals surface area (Å²) in [4.78, 5) is 10.5. The Balaban J connectivity index is 1.97. The molecule has 0 bridgehead atoms. The van der Waals surface area contributed by atoms with Gasteiger partial charge in [-0.2, -0.15) is 0 Å². The number of nitrogens with zero attached hydrogens (tertiary/aromatic N) is 1. The third-order valence-corrected chi connectivity index (χ3v) is 3.49. The fraction of sp³-hybridized carbons (Fsp3) is 0.538. The van der Waals surface area contributed by atoms with Crippen molar-refractivity contribution in [3.8, 4) is 0 Å². The summed E-state index contributed by atoms with van der Waals surface area (Å²) in [6.07, 6.45) is 3.74. The Hall–Kier alpha value is -1.58. The molecule has 17 heavy (non-hydrogen) atoms. The van der Waals surface area contributed by atoms with Gasteiger partial charge in [0, 0.05) is 12.6 Å². The molecule has 1 aliphatic rings. The molecule has 1 fully saturated rings. The Labute approximate surface area is 101 Å². The van der Waals surface area contributed by atoms with E-state index >= 15 is 0 Å². The van der Waals surface area contributed by atoms with Crippen LogP contribution in [0.2, 0.25) is 0 Å². The van der Waals surface area contributed by atoms with Gasteiger partial charge in [0.2, 0.25) is 0 Å². The number of hydrogen-bond acceptors (Lipinski definition) is 3. The van der Waals surface area contributed by atoms with Crippen LogP contribution in [0.3, 0.4) is 0 Å².